The van der Waals surface area contributed by atoms with Gasteiger partial charge in [-0.25, -0.2) is 4.98 Å². The minimum Gasteiger partial charge on any atom is -0.495 e. The number of anilines is 2. The van der Waals surface area contributed by atoms with E-state index in [9.17, 15) is 4.79 Å². The number of aryl methyl sites for hydroxylation is 1. The van der Waals surface area contributed by atoms with Gasteiger partial charge in [0.05, 0.1) is 31.8 Å². The van der Waals surface area contributed by atoms with Crippen LogP contribution in [0.5, 0.6) is 5.75 Å². The molecule has 0 spiro atoms. The molecule has 2 aliphatic rings. The van der Waals surface area contributed by atoms with Crippen molar-refractivity contribution in [3.8, 4) is 5.75 Å². The van der Waals surface area contributed by atoms with Gasteiger partial charge in [-0.2, -0.15) is 0 Å². The Morgan fingerprint density at radius 1 is 1.00 bits per heavy atom. The van der Waals surface area contributed by atoms with Gasteiger partial charge >= 0.3 is 0 Å². The number of ether oxygens (including phenoxy) is 1. The van der Waals surface area contributed by atoms with E-state index >= 15 is 0 Å². The molecular weight excluding hydrogens is 436 g/mol. The van der Waals surface area contributed by atoms with Crippen molar-refractivity contribution in [3.05, 3.63) is 81.8 Å². The Morgan fingerprint density at radius 2 is 1.74 bits per heavy atom. The second-order valence-electron chi connectivity index (χ2n) is 10.2. The van der Waals surface area contributed by atoms with Crippen molar-refractivity contribution in [2.45, 2.75) is 59.2 Å². The van der Waals surface area contributed by atoms with Crippen LogP contribution in [0.15, 0.2) is 59.4 Å². The summed E-state index contributed by atoms with van der Waals surface area (Å²) in [7, 11) is 1.69. The largest absolute Gasteiger partial charge is 0.495 e. The van der Waals surface area contributed by atoms with Gasteiger partial charge in [0.2, 0.25) is 5.95 Å². The molecule has 0 bridgehead atoms. The van der Waals surface area contributed by atoms with Gasteiger partial charge in [0, 0.05) is 18.0 Å². The van der Waals surface area contributed by atoms with Crippen molar-refractivity contribution in [3.63, 3.8) is 0 Å². The van der Waals surface area contributed by atoms with Crippen LogP contribution in [-0.4, -0.2) is 34.3 Å². The average molecular weight is 473 g/mol. The molecule has 1 fully saturated rings. The number of para-hydroxylation sites is 2. The molecule has 1 aliphatic heterocycles. The first kappa shape index (κ1) is 23.6. The van der Waals surface area contributed by atoms with E-state index in [1.165, 1.54) is 12.8 Å². The monoisotopic (exact) mass is 472 g/mol. The molecule has 1 aliphatic carbocycles. The topological polar surface area (TPSA) is 50.6 Å². The molecule has 1 saturated carbocycles. The molecule has 35 heavy (non-hydrogen) atoms. The smallest absolute Gasteiger partial charge is 0.259 e. The number of aromatic nitrogens is 2. The summed E-state index contributed by atoms with van der Waals surface area (Å²) in [6.07, 6.45) is 4.25. The lowest BCUT2D eigenvalue weighted by atomic mass is 9.77. The zero-order chi connectivity index (χ0) is 24.5. The van der Waals surface area contributed by atoms with Gasteiger partial charge in [-0.15, -0.1) is 0 Å². The molecule has 3 unspecified atom stereocenters. The predicted octanol–water partition coefficient (Wildman–Crippen LogP) is 5.34. The molecule has 0 saturated heterocycles. The van der Waals surface area contributed by atoms with Crippen LogP contribution in [0.2, 0.25) is 0 Å². The van der Waals surface area contributed by atoms with E-state index in [1.807, 2.05) is 47.9 Å². The SMILES string of the molecule is COc1ccccc1N1CN(C2CCCC(C)C2C)Cn2c1nc(C)c(Cc1ccccc1)c2=O. The summed E-state index contributed by atoms with van der Waals surface area (Å²) in [6, 6.07) is 18.6. The molecule has 0 radical (unpaired) electrons. The van der Waals surface area contributed by atoms with Gasteiger partial charge in [-0.05, 0) is 42.9 Å². The molecule has 3 aromatic rings. The standard InChI is InChI=1S/C29H36N4O2/c1-20-11-10-15-25(21(20)2)31-18-32(26-14-8-9-16-27(26)35-4)29-30-22(3)24(28(34)33(29)19-31)17-23-12-6-5-7-13-23/h5-9,12-14,16,20-21,25H,10-11,15,17-19H2,1-4H3. The van der Waals surface area contributed by atoms with Crippen LogP contribution in [0.25, 0.3) is 0 Å². The summed E-state index contributed by atoms with van der Waals surface area (Å²) >= 11 is 0. The van der Waals surface area contributed by atoms with Crippen LogP contribution < -0.4 is 15.2 Å². The van der Waals surface area contributed by atoms with Crippen LogP contribution in [0.3, 0.4) is 0 Å². The van der Waals surface area contributed by atoms with Crippen LogP contribution in [0.4, 0.5) is 11.6 Å². The minimum atomic E-state index is 0.0532. The highest BCUT2D eigenvalue weighted by atomic mass is 16.5. The van der Waals surface area contributed by atoms with Crippen molar-refractivity contribution in [1.29, 1.82) is 0 Å². The molecule has 6 heteroatoms. The molecule has 1 aromatic heterocycles. The Hall–Kier alpha value is -3.12. The molecule has 0 N–H and O–H groups in total. The molecule has 3 atom stereocenters. The highest BCUT2D eigenvalue weighted by molar-refractivity contribution is 5.66. The first-order valence-electron chi connectivity index (χ1n) is 12.8. The Balaban J connectivity index is 1.62. The van der Waals surface area contributed by atoms with Crippen molar-refractivity contribution in [2.24, 2.45) is 11.8 Å². The normalized spacial score (nSPS) is 22.6. The second kappa shape index (κ2) is 9.86. The maximum Gasteiger partial charge on any atom is 0.259 e. The number of hydrogen-bond donors (Lipinski definition) is 0. The maximum absolute atomic E-state index is 14.0. The average Bonchev–Trinajstić information content (AvgIpc) is 2.88. The molecule has 184 valence electrons. The van der Waals surface area contributed by atoms with E-state index < -0.39 is 0 Å². The molecule has 6 nitrogen and oxygen atoms in total. The van der Waals surface area contributed by atoms with Gasteiger partial charge in [-0.1, -0.05) is 69.2 Å². The lowest BCUT2D eigenvalue weighted by Crippen LogP contribution is -2.54. The third-order valence-corrected chi connectivity index (χ3v) is 8.07. The Kier molecular flexibility index (Phi) is 6.65. The lowest BCUT2D eigenvalue weighted by molar-refractivity contribution is 0.0490. The van der Waals surface area contributed by atoms with Crippen molar-refractivity contribution >= 4 is 11.6 Å². The van der Waals surface area contributed by atoms with Gasteiger partial charge in [0.1, 0.15) is 5.75 Å². The molecule has 5 rings (SSSR count). The lowest BCUT2D eigenvalue weighted by Gasteiger charge is -2.46. The zero-order valence-corrected chi connectivity index (χ0v) is 21.3. The number of nitrogens with zero attached hydrogens (tertiary/aromatic N) is 4. The van der Waals surface area contributed by atoms with Crippen LogP contribution in [0, 0.1) is 18.8 Å². The fourth-order valence-corrected chi connectivity index (χ4v) is 5.81. The quantitative estimate of drug-likeness (QED) is 0.501. The summed E-state index contributed by atoms with van der Waals surface area (Å²) in [5.41, 5.74) is 3.67. The predicted molar refractivity (Wildman–Crippen MR) is 140 cm³/mol. The Bertz CT molecular complexity index is 1240. The van der Waals surface area contributed by atoms with E-state index in [0.29, 0.717) is 43.6 Å². The van der Waals surface area contributed by atoms with Crippen molar-refractivity contribution in [2.75, 3.05) is 18.7 Å². The number of rotatable bonds is 5. The molecule has 2 aromatic carbocycles. The number of benzene rings is 2. The van der Waals surface area contributed by atoms with E-state index in [2.05, 4.69) is 41.8 Å². The minimum absolute atomic E-state index is 0.0532. The summed E-state index contributed by atoms with van der Waals surface area (Å²) in [6.45, 7) is 7.94. The Labute approximate surface area is 208 Å². The molecular formula is C29H36N4O2. The number of fused-ring (bicyclic) bond motifs is 1. The van der Waals surface area contributed by atoms with Crippen LogP contribution in [0.1, 0.15) is 49.9 Å². The van der Waals surface area contributed by atoms with E-state index in [1.54, 1.807) is 7.11 Å². The number of methoxy groups -OCH3 is 1. The number of hydrogen-bond acceptors (Lipinski definition) is 5. The summed E-state index contributed by atoms with van der Waals surface area (Å²) in [5, 5.41) is 0. The Morgan fingerprint density at radius 3 is 2.51 bits per heavy atom. The molecule has 0 amide bonds. The van der Waals surface area contributed by atoms with E-state index in [0.717, 1.165) is 34.7 Å². The van der Waals surface area contributed by atoms with E-state index in [4.69, 9.17) is 9.72 Å². The van der Waals surface area contributed by atoms with Crippen LogP contribution >= 0.6 is 0 Å². The van der Waals surface area contributed by atoms with Gasteiger partial charge in [0.25, 0.3) is 5.56 Å². The zero-order valence-electron chi connectivity index (χ0n) is 21.3. The van der Waals surface area contributed by atoms with Crippen molar-refractivity contribution in [1.82, 2.24) is 14.5 Å². The first-order chi connectivity index (χ1) is 17.0. The fourth-order valence-electron chi connectivity index (χ4n) is 5.81. The van der Waals surface area contributed by atoms with Crippen LogP contribution in [-0.2, 0) is 13.1 Å². The third-order valence-electron chi connectivity index (χ3n) is 8.07. The highest BCUT2D eigenvalue weighted by Crippen LogP contribution is 2.39. The first-order valence-corrected chi connectivity index (χ1v) is 12.8. The summed E-state index contributed by atoms with van der Waals surface area (Å²) < 4.78 is 7.60. The van der Waals surface area contributed by atoms with Gasteiger partial charge in [-0.3, -0.25) is 19.2 Å². The second-order valence-corrected chi connectivity index (χ2v) is 10.2. The van der Waals surface area contributed by atoms with E-state index in [-0.39, 0.29) is 5.56 Å². The summed E-state index contributed by atoms with van der Waals surface area (Å²) in [5.74, 6) is 2.73. The third kappa shape index (κ3) is 4.47. The molecule has 2 heterocycles. The highest BCUT2D eigenvalue weighted by Gasteiger charge is 2.37. The van der Waals surface area contributed by atoms with Crippen molar-refractivity contribution < 1.29 is 4.74 Å². The fraction of sp³-hybridized carbons (Fsp3) is 0.448. The summed E-state index contributed by atoms with van der Waals surface area (Å²) in [4.78, 5) is 23.6. The van der Waals surface area contributed by atoms with Gasteiger partial charge in [0.15, 0.2) is 0 Å². The maximum atomic E-state index is 14.0. The van der Waals surface area contributed by atoms with Gasteiger partial charge < -0.3 is 4.74 Å².